The van der Waals surface area contributed by atoms with E-state index >= 15 is 0 Å². The summed E-state index contributed by atoms with van der Waals surface area (Å²) in [5, 5.41) is 6.87. The van der Waals surface area contributed by atoms with Gasteiger partial charge in [0.15, 0.2) is 21.9 Å². The molecule has 0 aliphatic rings. The van der Waals surface area contributed by atoms with Crippen molar-refractivity contribution in [2.45, 2.75) is 24.5 Å². The van der Waals surface area contributed by atoms with Gasteiger partial charge >= 0.3 is 0 Å². The van der Waals surface area contributed by atoms with Gasteiger partial charge in [0.1, 0.15) is 17.2 Å². The molecule has 0 saturated carbocycles. The molecule has 1 amide bonds. The Morgan fingerprint density at radius 1 is 1.09 bits per heavy atom. The van der Waals surface area contributed by atoms with Crippen LogP contribution in [0.25, 0.3) is 0 Å². The Hall–Kier alpha value is -3.37. The Kier molecular flexibility index (Phi) is 7.16. The summed E-state index contributed by atoms with van der Waals surface area (Å²) in [6.45, 7) is 1.91. The van der Waals surface area contributed by atoms with E-state index in [0.29, 0.717) is 35.1 Å². The van der Waals surface area contributed by atoms with Crippen molar-refractivity contribution in [2.24, 2.45) is 7.05 Å². The number of anilines is 1. The van der Waals surface area contributed by atoms with E-state index in [0.717, 1.165) is 6.26 Å². The summed E-state index contributed by atoms with van der Waals surface area (Å²) >= 11 is 0. The summed E-state index contributed by atoms with van der Waals surface area (Å²) in [6.07, 6.45) is 2.96. The van der Waals surface area contributed by atoms with Crippen molar-refractivity contribution in [1.82, 2.24) is 9.78 Å². The summed E-state index contributed by atoms with van der Waals surface area (Å²) in [4.78, 5) is 13.0. The molecule has 0 aliphatic carbocycles. The molecule has 3 aromatic rings. The average Bonchev–Trinajstić information content (AvgIpc) is 3.16. The second-order valence-corrected chi connectivity index (χ2v) is 9.07. The van der Waals surface area contributed by atoms with Crippen molar-refractivity contribution in [2.75, 3.05) is 18.7 Å². The van der Waals surface area contributed by atoms with Crippen molar-refractivity contribution < 1.29 is 27.4 Å². The third-order valence-corrected chi connectivity index (χ3v) is 5.58. The van der Waals surface area contributed by atoms with Gasteiger partial charge in [0.05, 0.1) is 4.90 Å². The summed E-state index contributed by atoms with van der Waals surface area (Å²) in [5.74, 6) is 1.15. The van der Waals surface area contributed by atoms with Crippen LogP contribution in [0.3, 0.4) is 0 Å². The minimum absolute atomic E-state index is 0.184. The Bertz CT molecular complexity index is 1180. The number of aryl methyl sites for hydroxylation is 1. The SMILES string of the molecule is CCC(OC)Oc1cc(Oc2ccc(S(C)(=O)=O)cc2)cc(C(=O)Nc2ccn(C)n2)c1. The number of benzene rings is 2. The first-order chi connectivity index (χ1) is 15.2. The summed E-state index contributed by atoms with van der Waals surface area (Å²) in [5.41, 5.74) is 0.293. The number of amides is 1. The molecule has 10 heteroatoms. The Balaban J connectivity index is 1.89. The zero-order valence-electron chi connectivity index (χ0n) is 18.2. The number of aromatic nitrogens is 2. The molecule has 0 bridgehead atoms. The fourth-order valence-corrected chi connectivity index (χ4v) is 3.47. The van der Waals surface area contributed by atoms with Gasteiger partial charge in [0, 0.05) is 50.7 Å². The smallest absolute Gasteiger partial charge is 0.257 e. The quantitative estimate of drug-likeness (QED) is 0.487. The van der Waals surface area contributed by atoms with E-state index in [1.165, 1.54) is 19.2 Å². The van der Waals surface area contributed by atoms with Crippen LogP contribution in [0.5, 0.6) is 17.2 Å². The molecule has 1 aromatic heterocycles. The van der Waals surface area contributed by atoms with E-state index in [1.54, 1.807) is 54.3 Å². The van der Waals surface area contributed by atoms with E-state index in [1.807, 2.05) is 6.92 Å². The number of carbonyl (C=O) groups is 1. The van der Waals surface area contributed by atoms with Gasteiger partial charge in [0.25, 0.3) is 5.91 Å². The van der Waals surface area contributed by atoms with Crippen molar-refractivity contribution in [3.8, 4) is 17.2 Å². The molecule has 0 radical (unpaired) electrons. The van der Waals surface area contributed by atoms with Gasteiger partial charge in [0.2, 0.25) is 0 Å². The van der Waals surface area contributed by atoms with Crippen LogP contribution < -0.4 is 14.8 Å². The van der Waals surface area contributed by atoms with Gasteiger partial charge in [-0.1, -0.05) is 6.92 Å². The molecule has 0 spiro atoms. The second kappa shape index (κ2) is 9.84. The molecule has 1 atom stereocenters. The zero-order chi connectivity index (χ0) is 23.3. The lowest BCUT2D eigenvalue weighted by Crippen LogP contribution is -2.18. The van der Waals surface area contributed by atoms with Crippen LogP contribution in [0.15, 0.2) is 59.6 Å². The summed E-state index contributed by atoms with van der Waals surface area (Å²) in [6, 6.07) is 12.4. The Morgan fingerprint density at radius 2 is 1.78 bits per heavy atom. The molecule has 1 unspecified atom stereocenters. The van der Waals surface area contributed by atoms with Crippen LogP contribution in [0, 0.1) is 0 Å². The van der Waals surface area contributed by atoms with Crippen LogP contribution in [-0.2, 0) is 21.6 Å². The van der Waals surface area contributed by atoms with Crippen LogP contribution in [0.1, 0.15) is 23.7 Å². The van der Waals surface area contributed by atoms with Gasteiger partial charge in [-0.2, -0.15) is 5.10 Å². The lowest BCUT2D eigenvalue weighted by atomic mass is 10.2. The second-order valence-electron chi connectivity index (χ2n) is 7.06. The molecule has 9 nitrogen and oxygen atoms in total. The topological polar surface area (TPSA) is 109 Å². The lowest BCUT2D eigenvalue weighted by molar-refractivity contribution is -0.0549. The minimum atomic E-state index is -3.31. The first kappa shape index (κ1) is 23.3. The van der Waals surface area contributed by atoms with Crippen LogP contribution in [0.2, 0.25) is 0 Å². The molecule has 0 fully saturated rings. The maximum absolute atomic E-state index is 12.8. The van der Waals surface area contributed by atoms with Crippen molar-refractivity contribution in [3.05, 3.63) is 60.3 Å². The minimum Gasteiger partial charge on any atom is -0.465 e. The van der Waals surface area contributed by atoms with Gasteiger partial charge in [-0.15, -0.1) is 0 Å². The van der Waals surface area contributed by atoms with E-state index in [2.05, 4.69) is 10.4 Å². The van der Waals surface area contributed by atoms with E-state index in [4.69, 9.17) is 14.2 Å². The Labute approximate surface area is 186 Å². The van der Waals surface area contributed by atoms with E-state index in [9.17, 15) is 13.2 Å². The summed E-state index contributed by atoms with van der Waals surface area (Å²) in [7, 11) is -0.0295. The molecule has 2 aromatic carbocycles. The maximum atomic E-state index is 12.8. The highest BCUT2D eigenvalue weighted by molar-refractivity contribution is 7.90. The third kappa shape index (κ3) is 6.08. The molecule has 0 aliphatic heterocycles. The predicted octanol–water partition coefficient (Wildman–Crippen LogP) is 3.63. The highest BCUT2D eigenvalue weighted by atomic mass is 32.2. The number of ether oxygens (including phenoxy) is 3. The van der Waals surface area contributed by atoms with Crippen molar-refractivity contribution >= 4 is 21.6 Å². The molecule has 3 rings (SSSR count). The van der Waals surface area contributed by atoms with Gasteiger partial charge in [-0.25, -0.2) is 8.42 Å². The predicted molar refractivity (Wildman–Crippen MR) is 119 cm³/mol. The monoisotopic (exact) mass is 459 g/mol. The molecule has 0 saturated heterocycles. The highest BCUT2D eigenvalue weighted by Gasteiger charge is 2.15. The average molecular weight is 460 g/mol. The number of hydrogen-bond donors (Lipinski definition) is 1. The van der Waals surface area contributed by atoms with Crippen LogP contribution in [0.4, 0.5) is 5.82 Å². The first-order valence-electron chi connectivity index (χ1n) is 9.81. The normalized spacial score (nSPS) is 12.2. The highest BCUT2D eigenvalue weighted by Crippen LogP contribution is 2.29. The fraction of sp³-hybridized carbons (Fsp3) is 0.273. The summed E-state index contributed by atoms with van der Waals surface area (Å²) < 4.78 is 41.8. The molecule has 1 N–H and O–H groups in total. The van der Waals surface area contributed by atoms with Gasteiger partial charge in [-0.3, -0.25) is 9.48 Å². The maximum Gasteiger partial charge on any atom is 0.257 e. The van der Waals surface area contributed by atoms with Crippen LogP contribution >= 0.6 is 0 Å². The van der Waals surface area contributed by atoms with E-state index < -0.39 is 22.0 Å². The van der Waals surface area contributed by atoms with Gasteiger partial charge in [-0.05, 0) is 36.4 Å². The van der Waals surface area contributed by atoms with Gasteiger partial charge < -0.3 is 19.5 Å². The van der Waals surface area contributed by atoms with Crippen molar-refractivity contribution in [1.29, 1.82) is 0 Å². The number of sulfone groups is 1. The number of carbonyl (C=O) groups excluding carboxylic acids is 1. The fourth-order valence-electron chi connectivity index (χ4n) is 2.84. The van der Waals surface area contributed by atoms with Crippen LogP contribution in [-0.4, -0.2) is 43.8 Å². The number of nitrogens with zero attached hydrogens (tertiary/aromatic N) is 2. The first-order valence-corrected chi connectivity index (χ1v) is 11.7. The number of nitrogens with one attached hydrogen (secondary N) is 1. The number of rotatable bonds is 9. The molecular formula is C22H25N3O6S. The molecule has 170 valence electrons. The molecular weight excluding hydrogens is 434 g/mol. The largest absolute Gasteiger partial charge is 0.465 e. The number of hydrogen-bond acceptors (Lipinski definition) is 7. The molecule has 1 heterocycles. The third-order valence-electron chi connectivity index (χ3n) is 4.45. The molecule has 32 heavy (non-hydrogen) atoms. The zero-order valence-corrected chi connectivity index (χ0v) is 19.0. The van der Waals surface area contributed by atoms with Crippen molar-refractivity contribution in [3.63, 3.8) is 0 Å². The number of methoxy groups -OCH3 is 1. The van der Waals surface area contributed by atoms with E-state index in [-0.39, 0.29) is 4.90 Å². The Morgan fingerprint density at radius 3 is 2.34 bits per heavy atom. The lowest BCUT2D eigenvalue weighted by Gasteiger charge is -2.17. The standard InChI is InChI=1S/C22H25N3O6S/c1-5-21(29-3)31-18-13-15(22(26)23-20-10-11-25(2)24-20)12-17(14-18)30-16-6-8-19(9-7-16)32(4,27)28/h6-14,21H,5H2,1-4H3,(H,23,24,26).